The SMILES string of the molecule is ClC#C[CH]Cl. The van der Waals surface area contributed by atoms with E-state index in [9.17, 15) is 0 Å². The summed E-state index contributed by atoms with van der Waals surface area (Å²) in [7, 11) is 0. The van der Waals surface area contributed by atoms with Crippen molar-refractivity contribution in [1.29, 1.82) is 0 Å². The van der Waals surface area contributed by atoms with Gasteiger partial charge in [-0.15, -0.1) is 11.6 Å². The van der Waals surface area contributed by atoms with Gasteiger partial charge in [-0.1, -0.05) is 5.92 Å². The van der Waals surface area contributed by atoms with E-state index < -0.39 is 0 Å². The molecule has 0 unspecified atom stereocenters. The Morgan fingerprint density at radius 1 is 1.60 bits per heavy atom. The molecule has 0 amide bonds. The van der Waals surface area contributed by atoms with Crippen LogP contribution in [-0.4, -0.2) is 0 Å². The summed E-state index contributed by atoms with van der Waals surface area (Å²) in [5, 5.41) is 2.05. The summed E-state index contributed by atoms with van der Waals surface area (Å²) < 4.78 is 0. The Morgan fingerprint density at radius 3 is 2.20 bits per heavy atom. The summed E-state index contributed by atoms with van der Waals surface area (Å²) in [6.45, 7) is 0. The Morgan fingerprint density at radius 2 is 2.20 bits per heavy atom. The molecule has 0 saturated carbocycles. The highest BCUT2D eigenvalue weighted by molar-refractivity contribution is 6.32. The van der Waals surface area contributed by atoms with Crippen LogP contribution in [0.25, 0.3) is 0 Å². The van der Waals surface area contributed by atoms with Gasteiger partial charge in [0.25, 0.3) is 0 Å². The van der Waals surface area contributed by atoms with E-state index in [0.717, 1.165) is 5.88 Å². The largest absolute Gasteiger partial charge is 0.123 e. The normalized spacial score (nSPS) is 5.20. The second-order valence-corrected chi connectivity index (χ2v) is 0.755. The molecule has 0 heterocycles. The van der Waals surface area contributed by atoms with Crippen LogP contribution in [0.3, 0.4) is 0 Å². The predicted molar refractivity (Wildman–Crippen MR) is 23.8 cm³/mol. The van der Waals surface area contributed by atoms with Gasteiger partial charge in [0.15, 0.2) is 0 Å². The van der Waals surface area contributed by atoms with Crippen molar-refractivity contribution in [1.82, 2.24) is 0 Å². The lowest BCUT2D eigenvalue weighted by Gasteiger charge is -1.52. The van der Waals surface area contributed by atoms with E-state index in [0.29, 0.717) is 0 Å². The summed E-state index contributed by atoms with van der Waals surface area (Å²) in [5.41, 5.74) is 0. The minimum atomic E-state index is 1.16. The van der Waals surface area contributed by atoms with E-state index in [1.807, 2.05) is 0 Å². The lowest BCUT2D eigenvalue weighted by Crippen LogP contribution is -1.38. The zero-order valence-electron chi connectivity index (χ0n) is 2.33. The number of rotatable bonds is 0. The van der Waals surface area contributed by atoms with Gasteiger partial charge in [0.05, 0.1) is 0 Å². The average molecular weight is 108 g/mol. The minimum Gasteiger partial charge on any atom is -0.106 e. The maximum Gasteiger partial charge on any atom is 0.123 e. The van der Waals surface area contributed by atoms with Gasteiger partial charge in [0, 0.05) is 5.38 Å². The molecule has 0 nitrogen and oxygen atoms in total. The molecule has 5 heavy (non-hydrogen) atoms. The highest BCUT2D eigenvalue weighted by Gasteiger charge is 1.54. The summed E-state index contributed by atoms with van der Waals surface area (Å²) in [6.07, 6.45) is 0. The summed E-state index contributed by atoms with van der Waals surface area (Å²) in [6, 6.07) is 0. The molecule has 0 N–H and O–H groups in total. The van der Waals surface area contributed by atoms with E-state index in [4.69, 9.17) is 23.2 Å². The van der Waals surface area contributed by atoms with Crippen molar-refractivity contribution in [2.45, 2.75) is 0 Å². The topological polar surface area (TPSA) is 0 Å². The van der Waals surface area contributed by atoms with Crippen molar-refractivity contribution in [3.8, 4) is 11.3 Å². The standard InChI is InChI=1S/C3HCl2/c4-2-1-3-5/h2H. The molecule has 0 fully saturated rings. The van der Waals surface area contributed by atoms with Gasteiger partial charge in [0.1, 0.15) is 5.88 Å². The molecule has 0 rings (SSSR count). The number of hydrogen-bond acceptors (Lipinski definition) is 0. The first-order valence-corrected chi connectivity index (χ1v) is 1.76. The zero-order valence-corrected chi connectivity index (χ0v) is 3.85. The van der Waals surface area contributed by atoms with Crippen molar-refractivity contribution < 1.29 is 0 Å². The molecule has 27 valence electrons. The van der Waals surface area contributed by atoms with E-state index in [1.165, 1.54) is 0 Å². The quantitative estimate of drug-likeness (QED) is 0.413. The van der Waals surface area contributed by atoms with Gasteiger partial charge in [0.2, 0.25) is 0 Å². The van der Waals surface area contributed by atoms with Gasteiger partial charge >= 0.3 is 0 Å². The molecule has 0 aliphatic carbocycles. The fourth-order valence-corrected chi connectivity index (χ4v) is 0.186. The van der Waals surface area contributed by atoms with Crippen molar-refractivity contribution in [3.63, 3.8) is 0 Å². The molecule has 0 aromatic rings. The molecule has 2 heteroatoms. The fourth-order valence-electron chi connectivity index (χ4n) is 0.0206. The predicted octanol–water partition coefficient (Wildman–Crippen LogP) is 1.59. The third kappa shape index (κ3) is 4.14. The average Bonchev–Trinajstić information content (AvgIpc) is 1.41. The van der Waals surface area contributed by atoms with E-state index in [2.05, 4.69) is 11.3 Å². The maximum atomic E-state index is 4.92. The molecule has 0 aliphatic rings. The first kappa shape index (κ1) is 5.14. The highest BCUT2D eigenvalue weighted by Crippen LogP contribution is 1.76. The first-order chi connectivity index (χ1) is 2.41. The van der Waals surface area contributed by atoms with E-state index in [-0.39, 0.29) is 0 Å². The van der Waals surface area contributed by atoms with E-state index >= 15 is 0 Å². The molecular weight excluding hydrogens is 107 g/mol. The smallest absolute Gasteiger partial charge is 0.106 e. The molecule has 0 bridgehead atoms. The monoisotopic (exact) mass is 107 g/mol. The number of hydrogen-bond donors (Lipinski definition) is 0. The van der Waals surface area contributed by atoms with Crippen molar-refractivity contribution >= 4 is 23.2 Å². The molecule has 0 aliphatic heterocycles. The third-order valence-corrected chi connectivity index (χ3v) is 0.327. The van der Waals surface area contributed by atoms with Gasteiger partial charge < -0.3 is 0 Å². The molecule has 0 atom stereocenters. The Kier molecular flexibility index (Phi) is 4.26. The van der Waals surface area contributed by atoms with Crippen LogP contribution in [0.4, 0.5) is 0 Å². The molecule has 0 spiro atoms. The van der Waals surface area contributed by atoms with Gasteiger partial charge in [-0.05, 0) is 11.6 Å². The molecule has 0 aromatic heterocycles. The van der Waals surface area contributed by atoms with Gasteiger partial charge in [-0.25, -0.2) is 0 Å². The van der Waals surface area contributed by atoms with Crippen LogP contribution in [0.1, 0.15) is 0 Å². The lowest BCUT2D eigenvalue weighted by molar-refractivity contribution is 2.25. The molecular formula is C3HCl2. The van der Waals surface area contributed by atoms with Gasteiger partial charge in [-0.2, -0.15) is 0 Å². The van der Waals surface area contributed by atoms with Crippen LogP contribution >= 0.6 is 23.2 Å². The third-order valence-electron chi connectivity index (χ3n) is 0.109. The first-order valence-electron chi connectivity index (χ1n) is 0.946. The van der Waals surface area contributed by atoms with Gasteiger partial charge in [-0.3, -0.25) is 0 Å². The van der Waals surface area contributed by atoms with Crippen molar-refractivity contribution in [2.24, 2.45) is 0 Å². The van der Waals surface area contributed by atoms with Crippen molar-refractivity contribution in [3.05, 3.63) is 5.88 Å². The second-order valence-electron chi connectivity index (χ2n) is 0.348. The summed E-state index contributed by atoms with van der Waals surface area (Å²) in [4.78, 5) is 0. The lowest BCUT2D eigenvalue weighted by atomic mass is 10.8. The van der Waals surface area contributed by atoms with E-state index in [1.54, 1.807) is 0 Å². The fraction of sp³-hybridized carbons (Fsp3) is 0. The van der Waals surface area contributed by atoms with Crippen LogP contribution < -0.4 is 0 Å². The summed E-state index contributed by atoms with van der Waals surface area (Å²) >= 11 is 9.74. The zero-order chi connectivity index (χ0) is 4.12. The minimum absolute atomic E-state index is 1.16. The summed E-state index contributed by atoms with van der Waals surface area (Å²) in [5.74, 6) is 3.43. The van der Waals surface area contributed by atoms with Crippen molar-refractivity contribution in [2.75, 3.05) is 0 Å². The maximum absolute atomic E-state index is 4.92. The Bertz CT molecular complexity index is 57.0. The molecule has 0 aromatic carbocycles. The number of halogens is 2. The Hall–Kier alpha value is 0.140. The second kappa shape index (κ2) is 4.14. The highest BCUT2D eigenvalue weighted by atomic mass is 35.5. The molecule has 0 saturated heterocycles. The van der Waals surface area contributed by atoms with Crippen LogP contribution in [0.15, 0.2) is 0 Å². The van der Waals surface area contributed by atoms with Crippen LogP contribution in [-0.2, 0) is 0 Å². The molecule has 1 radical (unpaired) electrons. The Labute approximate surface area is 41.1 Å². The van der Waals surface area contributed by atoms with Crippen LogP contribution in [0.5, 0.6) is 0 Å². The van der Waals surface area contributed by atoms with Crippen LogP contribution in [0, 0.1) is 17.2 Å². The Balaban J connectivity index is 2.81. The van der Waals surface area contributed by atoms with Crippen LogP contribution in [0.2, 0.25) is 0 Å².